The fourth-order valence-corrected chi connectivity index (χ4v) is 5.99. The molecule has 9 nitrogen and oxygen atoms in total. The Hall–Kier alpha value is -3.35. The van der Waals surface area contributed by atoms with Gasteiger partial charge in [0, 0.05) is 50.1 Å². The number of nitriles is 1. The molecule has 3 aliphatic carbocycles. The average molecular weight is 459 g/mol. The number of nitrogens with zero attached hydrogens (tertiary/aromatic N) is 5. The van der Waals surface area contributed by atoms with Gasteiger partial charge in [0.25, 0.3) is 0 Å². The van der Waals surface area contributed by atoms with Gasteiger partial charge in [-0.1, -0.05) is 0 Å². The third-order valence-corrected chi connectivity index (χ3v) is 7.66. The Morgan fingerprint density at radius 2 is 2.09 bits per heavy atom. The van der Waals surface area contributed by atoms with Crippen LogP contribution < -0.4 is 5.32 Å². The number of methoxy groups -OCH3 is 1. The topological polar surface area (TPSA) is 115 Å². The Morgan fingerprint density at radius 3 is 2.74 bits per heavy atom. The van der Waals surface area contributed by atoms with E-state index in [1.807, 2.05) is 29.8 Å². The molecule has 2 bridgehead atoms. The highest BCUT2D eigenvalue weighted by Gasteiger charge is 2.70. The second-order valence-corrected chi connectivity index (χ2v) is 10.1. The van der Waals surface area contributed by atoms with Crippen molar-refractivity contribution in [2.45, 2.75) is 50.5 Å². The first-order valence-electron chi connectivity index (χ1n) is 11.5. The zero-order valence-corrected chi connectivity index (χ0v) is 19.5. The lowest BCUT2D eigenvalue weighted by Crippen LogP contribution is -2.64. The van der Waals surface area contributed by atoms with Crippen molar-refractivity contribution >= 4 is 22.6 Å². The fourth-order valence-electron chi connectivity index (χ4n) is 5.99. The highest BCUT2D eigenvalue weighted by atomic mass is 16.5. The van der Waals surface area contributed by atoms with Crippen LogP contribution in [0.25, 0.3) is 16.7 Å². The van der Waals surface area contributed by atoms with Crippen LogP contribution in [-0.4, -0.2) is 46.0 Å². The van der Waals surface area contributed by atoms with Gasteiger partial charge in [0.1, 0.15) is 11.4 Å². The van der Waals surface area contributed by atoms with E-state index in [0.29, 0.717) is 24.8 Å². The Kier molecular flexibility index (Phi) is 4.41. The van der Waals surface area contributed by atoms with Crippen LogP contribution in [0.3, 0.4) is 0 Å². The van der Waals surface area contributed by atoms with Crippen LogP contribution in [0.1, 0.15) is 49.6 Å². The van der Waals surface area contributed by atoms with Gasteiger partial charge in [-0.15, -0.1) is 0 Å². The van der Waals surface area contributed by atoms with Crippen LogP contribution in [0.5, 0.6) is 0 Å². The number of fused-ring (bicyclic) bond motifs is 1. The van der Waals surface area contributed by atoms with Crippen molar-refractivity contribution in [1.29, 1.82) is 5.26 Å². The van der Waals surface area contributed by atoms with Gasteiger partial charge in [-0.25, -0.2) is 14.6 Å². The van der Waals surface area contributed by atoms with Gasteiger partial charge in [0.15, 0.2) is 5.82 Å². The molecule has 1 atom stereocenters. The Morgan fingerprint density at radius 1 is 1.29 bits per heavy atom. The molecule has 174 valence electrons. The number of amides is 1. The first-order valence-corrected chi connectivity index (χ1v) is 11.5. The van der Waals surface area contributed by atoms with E-state index in [1.165, 1.54) is 6.92 Å². The molecule has 4 aliphatic rings. The van der Waals surface area contributed by atoms with E-state index in [1.54, 1.807) is 13.3 Å². The number of aromatic nitrogens is 4. The van der Waals surface area contributed by atoms with E-state index in [0.717, 1.165) is 53.5 Å². The minimum atomic E-state index is -0.581. The predicted octanol–water partition coefficient (Wildman–Crippen LogP) is 3.29. The van der Waals surface area contributed by atoms with E-state index >= 15 is 0 Å². The summed E-state index contributed by atoms with van der Waals surface area (Å²) < 4.78 is 13.4. The molecular weight excluding hydrogens is 432 g/mol. The number of nitrogens with one attached hydrogen (secondary N) is 1. The van der Waals surface area contributed by atoms with Crippen molar-refractivity contribution in [2.24, 2.45) is 5.41 Å². The summed E-state index contributed by atoms with van der Waals surface area (Å²) in [6.07, 6.45) is 4.99. The number of hydrogen-bond acceptors (Lipinski definition) is 7. The van der Waals surface area contributed by atoms with Crippen molar-refractivity contribution in [3.05, 3.63) is 41.3 Å². The van der Waals surface area contributed by atoms with Crippen molar-refractivity contribution in [3.63, 3.8) is 0 Å². The molecule has 3 aromatic heterocycles. The van der Waals surface area contributed by atoms with Crippen molar-refractivity contribution < 1.29 is 14.3 Å². The number of aryl methyl sites for hydroxylation is 1. The third-order valence-electron chi connectivity index (χ3n) is 7.66. The molecule has 0 unspecified atom stereocenters. The second-order valence-electron chi connectivity index (χ2n) is 10.1. The van der Waals surface area contributed by atoms with E-state index in [-0.39, 0.29) is 16.7 Å². The molecule has 1 amide bonds. The fraction of sp³-hybridized carbons (Fsp3) is 0.480. The minimum absolute atomic E-state index is 0.0872. The molecule has 1 aliphatic heterocycles. The maximum Gasteiger partial charge on any atom is 0.222 e. The van der Waals surface area contributed by atoms with E-state index in [2.05, 4.69) is 16.4 Å². The number of ether oxygens (including phenoxy) is 2. The first-order chi connectivity index (χ1) is 16.3. The summed E-state index contributed by atoms with van der Waals surface area (Å²) in [5, 5.41) is 18.3. The summed E-state index contributed by atoms with van der Waals surface area (Å²) in [7, 11) is 1.69. The lowest BCUT2D eigenvalue weighted by Gasteiger charge is -2.66. The van der Waals surface area contributed by atoms with E-state index in [9.17, 15) is 10.1 Å². The Labute approximate surface area is 197 Å². The van der Waals surface area contributed by atoms with Gasteiger partial charge in [0.2, 0.25) is 5.91 Å². The van der Waals surface area contributed by atoms with Gasteiger partial charge >= 0.3 is 0 Å². The molecular formula is C25H26N6O3. The number of carbonyl (C=O) groups excluding carboxylic acids is 1. The maximum atomic E-state index is 11.7. The monoisotopic (exact) mass is 458 g/mol. The summed E-state index contributed by atoms with van der Waals surface area (Å²) in [6, 6.07) is 8.35. The zero-order chi connectivity index (χ0) is 23.7. The Bertz CT molecular complexity index is 1360. The van der Waals surface area contributed by atoms with Gasteiger partial charge in [-0.2, -0.15) is 10.4 Å². The molecule has 1 saturated heterocycles. The normalized spacial score (nSPS) is 29.4. The SMILES string of the molecule is CO[C@@]1(c2cc(C)cc(-n3nc(C45CC(C#N)(C4)C5)c4cnc(NC(C)=O)cc43)n2)CCOC1. The van der Waals surface area contributed by atoms with Crippen LogP contribution in [-0.2, 0) is 25.3 Å². The molecule has 9 heteroatoms. The summed E-state index contributed by atoms with van der Waals surface area (Å²) >= 11 is 0. The van der Waals surface area contributed by atoms with Gasteiger partial charge in [-0.05, 0) is 43.9 Å². The van der Waals surface area contributed by atoms with Crippen molar-refractivity contribution in [2.75, 3.05) is 25.6 Å². The van der Waals surface area contributed by atoms with Crippen LogP contribution in [0.2, 0.25) is 0 Å². The standard InChI is InChI=1S/C25H26N6O3/c1-15-6-19(25(33-3)4-5-34-14-25)29-21(7-15)31-18-8-20(28-16(2)32)27-9-17(18)22(30-31)24-10-23(11-24,12-24)13-26/h6-9H,4-5,10-12,14H2,1-3H3,(H,27,28,32)/t23?,24?,25-/m0/s1. The summed E-state index contributed by atoms with van der Waals surface area (Å²) in [4.78, 5) is 21.1. The summed E-state index contributed by atoms with van der Waals surface area (Å²) in [5.41, 5.74) is 2.77. The largest absolute Gasteiger partial charge is 0.378 e. The summed E-state index contributed by atoms with van der Waals surface area (Å²) in [5.74, 6) is 0.952. The highest BCUT2D eigenvalue weighted by Crippen LogP contribution is 2.73. The number of rotatable bonds is 5. The maximum absolute atomic E-state index is 11.7. The third kappa shape index (κ3) is 2.92. The lowest BCUT2D eigenvalue weighted by atomic mass is 9.34. The van der Waals surface area contributed by atoms with Crippen molar-refractivity contribution in [3.8, 4) is 11.9 Å². The average Bonchev–Trinajstić information content (AvgIpc) is 3.37. The second kappa shape index (κ2) is 7.08. The predicted molar refractivity (Wildman–Crippen MR) is 123 cm³/mol. The first kappa shape index (κ1) is 21.2. The molecule has 0 radical (unpaired) electrons. The number of carbonyl (C=O) groups is 1. The number of anilines is 1. The highest BCUT2D eigenvalue weighted by molar-refractivity contribution is 5.92. The molecule has 4 heterocycles. The molecule has 4 fully saturated rings. The minimum Gasteiger partial charge on any atom is -0.378 e. The molecule has 3 saturated carbocycles. The Balaban J connectivity index is 1.52. The van der Waals surface area contributed by atoms with Gasteiger partial charge in [-0.3, -0.25) is 4.79 Å². The zero-order valence-electron chi connectivity index (χ0n) is 19.5. The smallest absolute Gasteiger partial charge is 0.222 e. The molecule has 0 spiro atoms. The molecule has 0 aromatic carbocycles. The molecule has 34 heavy (non-hydrogen) atoms. The van der Waals surface area contributed by atoms with Crippen LogP contribution in [0.4, 0.5) is 5.82 Å². The van der Waals surface area contributed by atoms with Crippen molar-refractivity contribution in [1.82, 2.24) is 19.7 Å². The van der Waals surface area contributed by atoms with E-state index < -0.39 is 5.60 Å². The van der Waals surface area contributed by atoms with Crippen LogP contribution in [0.15, 0.2) is 24.4 Å². The van der Waals surface area contributed by atoms with E-state index in [4.69, 9.17) is 19.6 Å². The molecule has 7 rings (SSSR count). The van der Waals surface area contributed by atoms with Gasteiger partial charge < -0.3 is 14.8 Å². The quantitative estimate of drug-likeness (QED) is 0.624. The van der Waals surface area contributed by atoms with Gasteiger partial charge in [0.05, 0.1) is 35.0 Å². The number of pyridine rings is 2. The molecule has 1 N–H and O–H groups in total. The molecule has 3 aromatic rings. The number of hydrogen-bond donors (Lipinski definition) is 1. The lowest BCUT2D eigenvalue weighted by molar-refractivity contribution is -0.114. The van der Waals surface area contributed by atoms with Crippen LogP contribution in [0, 0.1) is 23.7 Å². The van der Waals surface area contributed by atoms with Crippen LogP contribution >= 0.6 is 0 Å². The summed E-state index contributed by atoms with van der Waals surface area (Å²) in [6.45, 7) is 4.57.